The van der Waals surface area contributed by atoms with Crippen molar-refractivity contribution in [3.63, 3.8) is 0 Å². The zero-order valence-electron chi connectivity index (χ0n) is 13.9. The van der Waals surface area contributed by atoms with Gasteiger partial charge in [0.25, 0.3) is 5.91 Å². The Labute approximate surface area is 145 Å². The Kier molecular flexibility index (Phi) is 4.15. The fourth-order valence-corrected chi connectivity index (χ4v) is 3.55. The first-order chi connectivity index (χ1) is 12.2. The van der Waals surface area contributed by atoms with Crippen LogP contribution in [-0.4, -0.2) is 36.9 Å². The molecule has 1 amide bonds. The number of amides is 1. The van der Waals surface area contributed by atoms with Crippen LogP contribution < -0.4 is 5.73 Å². The number of rotatable bonds is 4. The summed E-state index contributed by atoms with van der Waals surface area (Å²) in [6.07, 6.45) is 8.43. The molecule has 1 aliphatic heterocycles. The minimum atomic E-state index is -0.506. The highest BCUT2D eigenvalue weighted by Gasteiger charge is 2.27. The number of piperidine rings is 1. The normalized spacial score (nSPS) is 18.5. The van der Waals surface area contributed by atoms with Crippen molar-refractivity contribution in [2.75, 3.05) is 6.54 Å². The lowest BCUT2D eigenvalue weighted by atomic mass is 9.98. The molecular formula is C18H20N6O. The zero-order chi connectivity index (χ0) is 17.2. The van der Waals surface area contributed by atoms with Crippen molar-refractivity contribution in [2.24, 2.45) is 5.73 Å². The molecule has 4 heterocycles. The molecule has 1 fully saturated rings. The van der Waals surface area contributed by atoms with E-state index < -0.39 is 5.91 Å². The first-order valence-electron chi connectivity index (χ1n) is 8.50. The third kappa shape index (κ3) is 2.98. The van der Waals surface area contributed by atoms with Crippen LogP contribution in [0.25, 0.3) is 5.65 Å². The summed E-state index contributed by atoms with van der Waals surface area (Å²) in [5.74, 6) is -0.506. The zero-order valence-corrected chi connectivity index (χ0v) is 13.9. The summed E-state index contributed by atoms with van der Waals surface area (Å²) in [5.41, 5.74) is 8.40. The lowest BCUT2D eigenvalue weighted by Crippen LogP contribution is -2.34. The summed E-state index contributed by atoms with van der Waals surface area (Å²) < 4.78 is 1.75. The van der Waals surface area contributed by atoms with Crippen LogP contribution >= 0.6 is 0 Å². The number of likely N-dealkylation sites (tertiary alicyclic amines) is 1. The molecule has 0 saturated carbocycles. The molecule has 25 heavy (non-hydrogen) atoms. The Morgan fingerprint density at radius 3 is 2.92 bits per heavy atom. The van der Waals surface area contributed by atoms with Gasteiger partial charge in [-0.05, 0) is 37.6 Å². The van der Waals surface area contributed by atoms with E-state index in [2.05, 4.69) is 20.0 Å². The van der Waals surface area contributed by atoms with Gasteiger partial charge in [0.05, 0.1) is 23.6 Å². The van der Waals surface area contributed by atoms with E-state index in [0.29, 0.717) is 11.2 Å². The van der Waals surface area contributed by atoms with Crippen molar-refractivity contribution < 1.29 is 4.79 Å². The fraction of sp³-hybridized carbons (Fsp3) is 0.333. The van der Waals surface area contributed by atoms with E-state index in [9.17, 15) is 4.79 Å². The van der Waals surface area contributed by atoms with Gasteiger partial charge in [0.1, 0.15) is 5.56 Å². The maximum atomic E-state index is 11.6. The predicted molar refractivity (Wildman–Crippen MR) is 92.7 cm³/mol. The topological polar surface area (TPSA) is 89.4 Å². The highest BCUT2D eigenvalue weighted by atomic mass is 16.1. The lowest BCUT2D eigenvalue weighted by molar-refractivity contribution is 0.100. The van der Waals surface area contributed by atoms with Crippen LogP contribution in [0.4, 0.5) is 0 Å². The van der Waals surface area contributed by atoms with E-state index in [1.54, 1.807) is 10.7 Å². The number of nitrogens with zero attached hydrogens (tertiary/aromatic N) is 5. The third-order valence-corrected chi connectivity index (χ3v) is 4.74. The number of hydrogen-bond acceptors (Lipinski definition) is 5. The fourth-order valence-electron chi connectivity index (χ4n) is 3.55. The standard InChI is InChI=1S/C18H20N6O/c19-17(25)14-11-22-24-16(7-9-21-18(14)24)15-6-2-4-10-23(15)12-13-5-1-3-8-20-13/h1,3,5,7-9,11,15H,2,4,6,10,12H2,(H2,19,25). The number of primary amides is 1. The van der Waals surface area contributed by atoms with Gasteiger partial charge in [-0.3, -0.25) is 14.7 Å². The van der Waals surface area contributed by atoms with Crippen LogP contribution in [0.2, 0.25) is 0 Å². The monoisotopic (exact) mass is 336 g/mol. The van der Waals surface area contributed by atoms with Crippen LogP contribution in [0.3, 0.4) is 0 Å². The number of pyridine rings is 1. The lowest BCUT2D eigenvalue weighted by Gasteiger charge is -2.35. The molecule has 0 aliphatic carbocycles. The highest BCUT2D eigenvalue weighted by Crippen LogP contribution is 2.32. The van der Waals surface area contributed by atoms with Gasteiger partial charge in [0.2, 0.25) is 0 Å². The van der Waals surface area contributed by atoms with Gasteiger partial charge < -0.3 is 5.73 Å². The molecule has 0 spiro atoms. The third-order valence-electron chi connectivity index (χ3n) is 4.74. The molecule has 1 aliphatic rings. The number of nitrogens with two attached hydrogens (primary N) is 1. The highest BCUT2D eigenvalue weighted by molar-refractivity contribution is 5.98. The Balaban J connectivity index is 1.71. The molecule has 3 aromatic heterocycles. The van der Waals surface area contributed by atoms with Gasteiger partial charge in [0.15, 0.2) is 5.65 Å². The Hall–Kier alpha value is -2.80. The second-order valence-corrected chi connectivity index (χ2v) is 6.33. The molecular weight excluding hydrogens is 316 g/mol. The molecule has 7 nitrogen and oxygen atoms in total. The minimum absolute atomic E-state index is 0.210. The van der Waals surface area contributed by atoms with Crippen LogP contribution in [0, 0.1) is 0 Å². The number of hydrogen-bond donors (Lipinski definition) is 1. The van der Waals surface area contributed by atoms with Gasteiger partial charge in [-0.15, -0.1) is 0 Å². The van der Waals surface area contributed by atoms with Crippen LogP contribution in [0.15, 0.2) is 42.9 Å². The molecule has 1 atom stereocenters. The summed E-state index contributed by atoms with van der Waals surface area (Å²) in [7, 11) is 0. The van der Waals surface area contributed by atoms with Gasteiger partial charge in [-0.2, -0.15) is 5.10 Å². The second-order valence-electron chi connectivity index (χ2n) is 6.33. The number of fused-ring (bicyclic) bond motifs is 1. The van der Waals surface area contributed by atoms with E-state index in [4.69, 9.17) is 5.73 Å². The van der Waals surface area contributed by atoms with Crippen molar-refractivity contribution in [1.82, 2.24) is 24.5 Å². The molecule has 3 aromatic rings. The van der Waals surface area contributed by atoms with Crippen molar-refractivity contribution in [1.29, 1.82) is 0 Å². The Morgan fingerprint density at radius 1 is 1.20 bits per heavy atom. The van der Waals surface area contributed by atoms with Crippen LogP contribution in [0.1, 0.15) is 47.1 Å². The molecule has 0 aromatic carbocycles. The molecule has 0 bridgehead atoms. The largest absolute Gasteiger partial charge is 0.365 e. The van der Waals surface area contributed by atoms with Gasteiger partial charge in [0, 0.05) is 18.9 Å². The van der Waals surface area contributed by atoms with Gasteiger partial charge >= 0.3 is 0 Å². The maximum absolute atomic E-state index is 11.6. The number of carbonyl (C=O) groups excluding carboxylic acids is 1. The SMILES string of the molecule is NC(=O)c1cnn2c(C3CCCCN3Cc3ccccn3)ccnc12. The molecule has 128 valence electrons. The summed E-state index contributed by atoms with van der Waals surface area (Å²) in [5, 5.41) is 4.37. The van der Waals surface area contributed by atoms with Crippen molar-refractivity contribution in [3.05, 3.63) is 59.8 Å². The van der Waals surface area contributed by atoms with Crippen molar-refractivity contribution in [2.45, 2.75) is 31.8 Å². The summed E-state index contributed by atoms with van der Waals surface area (Å²) in [4.78, 5) is 22.8. The second kappa shape index (κ2) is 6.60. The van der Waals surface area contributed by atoms with Gasteiger partial charge in [-0.25, -0.2) is 9.50 Å². The number of carbonyl (C=O) groups is 1. The minimum Gasteiger partial charge on any atom is -0.365 e. The summed E-state index contributed by atoms with van der Waals surface area (Å²) in [6.45, 7) is 1.80. The summed E-state index contributed by atoms with van der Waals surface area (Å²) in [6, 6.07) is 8.18. The van der Waals surface area contributed by atoms with Crippen molar-refractivity contribution in [3.8, 4) is 0 Å². The van der Waals surface area contributed by atoms with Crippen LogP contribution in [-0.2, 0) is 6.54 Å². The molecule has 2 N–H and O–H groups in total. The predicted octanol–water partition coefficient (Wildman–Crippen LogP) is 1.95. The van der Waals surface area contributed by atoms with Gasteiger partial charge in [-0.1, -0.05) is 12.5 Å². The molecule has 7 heteroatoms. The van der Waals surface area contributed by atoms with E-state index in [1.807, 2.05) is 30.5 Å². The van der Waals surface area contributed by atoms with Crippen molar-refractivity contribution >= 4 is 11.6 Å². The maximum Gasteiger partial charge on any atom is 0.254 e. The molecule has 0 radical (unpaired) electrons. The van der Waals surface area contributed by atoms with E-state index >= 15 is 0 Å². The van der Waals surface area contributed by atoms with E-state index in [1.165, 1.54) is 12.6 Å². The smallest absolute Gasteiger partial charge is 0.254 e. The molecule has 1 saturated heterocycles. The Morgan fingerprint density at radius 2 is 2.12 bits per heavy atom. The first kappa shape index (κ1) is 15.7. The first-order valence-corrected chi connectivity index (χ1v) is 8.50. The number of aromatic nitrogens is 4. The molecule has 1 unspecified atom stereocenters. The van der Waals surface area contributed by atoms with E-state index in [0.717, 1.165) is 37.3 Å². The average molecular weight is 336 g/mol. The summed E-state index contributed by atoms with van der Waals surface area (Å²) >= 11 is 0. The quantitative estimate of drug-likeness (QED) is 0.786. The molecule has 4 rings (SSSR count). The van der Waals surface area contributed by atoms with E-state index in [-0.39, 0.29) is 6.04 Å². The van der Waals surface area contributed by atoms with Crippen LogP contribution in [0.5, 0.6) is 0 Å². The average Bonchev–Trinajstić information content (AvgIpc) is 3.08. The Bertz CT molecular complexity index is 891.